The number of aryl methyl sites for hydroxylation is 1. The second-order valence-corrected chi connectivity index (χ2v) is 6.43. The van der Waals surface area contributed by atoms with Crippen LogP contribution >= 0.6 is 24.0 Å². The lowest BCUT2D eigenvalue weighted by molar-refractivity contribution is 0.262. The Kier molecular flexibility index (Phi) is 6.29. The number of pyridine rings is 1. The van der Waals surface area contributed by atoms with Crippen molar-refractivity contribution in [2.45, 2.75) is 6.92 Å². The SMILES string of the molecule is Cc1cc(NC(=O)Nc2ccc(N(C)C)cc2)c2cc(Cl)ccc2n1.Cl. The number of hydrogen-bond acceptors (Lipinski definition) is 3. The van der Waals surface area contributed by atoms with Crippen molar-refractivity contribution in [1.29, 1.82) is 0 Å². The van der Waals surface area contributed by atoms with Crippen LogP contribution < -0.4 is 15.5 Å². The van der Waals surface area contributed by atoms with Gasteiger partial charge in [-0.1, -0.05) is 11.6 Å². The Hall–Kier alpha value is -2.50. The lowest BCUT2D eigenvalue weighted by atomic mass is 10.1. The molecular formula is C19H20Cl2N4O. The van der Waals surface area contributed by atoms with Crippen LogP contribution in [-0.2, 0) is 0 Å². The largest absolute Gasteiger partial charge is 0.378 e. The van der Waals surface area contributed by atoms with E-state index in [4.69, 9.17) is 11.6 Å². The number of urea groups is 1. The molecule has 0 spiro atoms. The highest BCUT2D eigenvalue weighted by Crippen LogP contribution is 2.26. The predicted molar refractivity (Wildman–Crippen MR) is 112 cm³/mol. The van der Waals surface area contributed by atoms with Crippen molar-refractivity contribution in [3.63, 3.8) is 0 Å². The summed E-state index contributed by atoms with van der Waals surface area (Å²) >= 11 is 6.08. The molecule has 1 aromatic heterocycles. The molecule has 2 N–H and O–H groups in total. The lowest BCUT2D eigenvalue weighted by Crippen LogP contribution is -2.20. The number of hydrogen-bond donors (Lipinski definition) is 2. The van der Waals surface area contributed by atoms with Crippen LogP contribution in [0, 0.1) is 6.92 Å². The highest BCUT2D eigenvalue weighted by atomic mass is 35.5. The van der Waals surface area contributed by atoms with E-state index in [9.17, 15) is 4.79 Å². The van der Waals surface area contributed by atoms with Crippen LogP contribution in [0.1, 0.15) is 5.69 Å². The molecule has 7 heteroatoms. The van der Waals surface area contributed by atoms with E-state index in [-0.39, 0.29) is 18.4 Å². The molecule has 26 heavy (non-hydrogen) atoms. The fourth-order valence-electron chi connectivity index (χ4n) is 2.56. The molecule has 1 heterocycles. The van der Waals surface area contributed by atoms with Crippen molar-refractivity contribution in [2.75, 3.05) is 29.6 Å². The average molecular weight is 391 g/mol. The molecule has 0 aliphatic heterocycles. The van der Waals surface area contributed by atoms with Crippen LogP contribution in [0.2, 0.25) is 5.02 Å². The van der Waals surface area contributed by atoms with Crippen molar-refractivity contribution >= 4 is 58.0 Å². The van der Waals surface area contributed by atoms with E-state index < -0.39 is 0 Å². The summed E-state index contributed by atoms with van der Waals surface area (Å²) in [5, 5.41) is 7.11. The molecule has 3 rings (SSSR count). The van der Waals surface area contributed by atoms with Crippen molar-refractivity contribution in [2.24, 2.45) is 0 Å². The fourth-order valence-corrected chi connectivity index (χ4v) is 2.73. The van der Waals surface area contributed by atoms with Gasteiger partial charge in [0.25, 0.3) is 0 Å². The molecule has 0 radical (unpaired) electrons. The Morgan fingerprint density at radius 3 is 2.38 bits per heavy atom. The van der Waals surface area contributed by atoms with Gasteiger partial charge >= 0.3 is 6.03 Å². The number of halogens is 2. The standard InChI is InChI=1S/C19H19ClN4O.ClH/c1-12-10-18(16-11-13(20)4-9-17(16)21-12)23-19(25)22-14-5-7-15(8-6-14)24(2)3;/h4-11H,1-3H3,(H2,21,22,23,25);1H. The van der Waals surface area contributed by atoms with Gasteiger partial charge in [0.2, 0.25) is 0 Å². The van der Waals surface area contributed by atoms with Gasteiger partial charge in [-0.15, -0.1) is 12.4 Å². The van der Waals surface area contributed by atoms with Gasteiger partial charge in [0.15, 0.2) is 0 Å². The summed E-state index contributed by atoms with van der Waals surface area (Å²) < 4.78 is 0. The van der Waals surface area contributed by atoms with E-state index in [2.05, 4.69) is 15.6 Å². The number of carbonyl (C=O) groups is 1. The maximum Gasteiger partial charge on any atom is 0.323 e. The van der Waals surface area contributed by atoms with Crippen molar-refractivity contribution in [1.82, 2.24) is 4.98 Å². The third-order valence-electron chi connectivity index (χ3n) is 3.79. The van der Waals surface area contributed by atoms with Crippen molar-refractivity contribution in [3.8, 4) is 0 Å². The number of nitrogens with zero attached hydrogens (tertiary/aromatic N) is 2. The summed E-state index contributed by atoms with van der Waals surface area (Å²) in [6.07, 6.45) is 0. The maximum absolute atomic E-state index is 12.4. The molecule has 2 amide bonds. The monoisotopic (exact) mass is 390 g/mol. The van der Waals surface area contributed by atoms with Crippen LogP contribution in [-0.4, -0.2) is 25.1 Å². The van der Waals surface area contributed by atoms with Gasteiger partial charge < -0.3 is 15.5 Å². The number of fused-ring (bicyclic) bond motifs is 1. The summed E-state index contributed by atoms with van der Waals surface area (Å²) in [6, 6.07) is 14.6. The Bertz CT molecular complexity index is 927. The van der Waals surface area contributed by atoms with Gasteiger partial charge in [0.05, 0.1) is 11.2 Å². The third kappa shape index (κ3) is 4.56. The molecule has 0 saturated carbocycles. The minimum absolute atomic E-state index is 0. The van der Waals surface area contributed by atoms with E-state index in [1.807, 2.05) is 62.3 Å². The first-order chi connectivity index (χ1) is 11.9. The van der Waals surface area contributed by atoms with Gasteiger partial charge in [-0.25, -0.2) is 4.79 Å². The van der Waals surface area contributed by atoms with Crippen molar-refractivity contribution in [3.05, 3.63) is 59.2 Å². The highest BCUT2D eigenvalue weighted by molar-refractivity contribution is 6.31. The molecule has 0 saturated heterocycles. The Labute approximate surface area is 163 Å². The minimum Gasteiger partial charge on any atom is -0.378 e. The second kappa shape index (κ2) is 8.25. The van der Waals surface area contributed by atoms with E-state index >= 15 is 0 Å². The average Bonchev–Trinajstić information content (AvgIpc) is 2.56. The maximum atomic E-state index is 12.4. The van der Waals surface area contributed by atoms with Crippen LogP contribution in [0.15, 0.2) is 48.5 Å². The zero-order valence-corrected chi connectivity index (χ0v) is 16.3. The van der Waals surface area contributed by atoms with Gasteiger partial charge in [0, 0.05) is 41.6 Å². The Morgan fingerprint density at radius 2 is 1.73 bits per heavy atom. The molecule has 0 bridgehead atoms. The Morgan fingerprint density at radius 1 is 1.04 bits per heavy atom. The van der Waals surface area contributed by atoms with Gasteiger partial charge in [0.1, 0.15) is 0 Å². The molecule has 0 unspecified atom stereocenters. The summed E-state index contributed by atoms with van der Waals surface area (Å²) in [5.74, 6) is 0. The summed E-state index contributed by atoms with van der Waals surface area (Å²) in [6.45, 7) is 1.89. The summed E-state index contributed by atoms with van der Waals surface area (Å²) in [7, 11) is 3.94. The number of benzene rings is 2. The van der Waals surface area contributed by atoms with Gasteiger partial charge in [-0.3, -0.25) is 4.98 Å². The van der Waals surface area contributed by atoms with Crippen molar-refractivity contribution < 1.29 is 4.79 Å². The quantitative estimate of drug-likeness (QED) is 0.635. The van der Waals surface area contributed by atoms with Crippen LogP contribution in [0.3, 0.4) is 0 Å². The molecular weight excluding hydrogens is 371 g/mol. The molecule has 0 atom stereocenters. The number of anilines is 3. The molecule has 3 aromatic rings. The van der Waals surface area contributed by atoms with E-state index in [0.29, 0.717) is 10.7 Å². The first kappa shape index (κ1) is 19.8. The molecule has 5 nitrogen and oxygen atoms in total. The third-order valence-corrected chi connectivity index (χ3v) is 4.02. The number of aromatic nitrogens is 1. The van der Waals surface area contributed by atoms with E-state index in [0.717, 1.165) is 28.0 Å². The number of rotatable bonds is 3. The lowest BCUT2D eigenvalue weighted by Gasteiger charge is -2.14. The topological polar surface area (TPSA) is 57.3 Å². The zero-order chi connectivity index (χ0) is 18.0. The molecule has 136 valence electrons. The smallest absolute Gasteiger partial charge is 0.323 e. The normalized spacial score (nSPS) is 10.2. The predicted octanol–water partition coefficient (Wildman–Crippen LogP) is 5.33. The highest BCUT2D eigenvalue weighted by Gasteiger charge is 2.09. The number of nitrogens with one attached hydrogen (secondary N) is 2. The van der Waals surface area contributed by atoms with Crippen LogP contribution in [0.5, 0.6) is 0 Å². The Balaban J connectivity index is 0.00000243. The molecule has 2 aromatic carbocycles. The van der Waals surface area contributed by atoms with E-state index in [1.54, 1.807) is 12.1 Å². The molecule has 0 aliphatic rings. The first-order valence-corrected chi connectivity index (χ1v) is 8.22. The second-order valence-electron chi connectivity index (χ2n) is 5.99. The zero-order valence-electron chi connectivity index (χ0n) is 14.7. The minimum atomic E-state index is -0.315. The number of carbonyl (C=O) groups excluding carboxylic acids is 1. The van der Waals surface area contributed by atoms with Crippen LogP contribution in [0.4, 0.5) is 21.9 Å². The fraction of sp³-hybridized carbons (Fsp3) is 0.158. The summed E-state index contributed by atoms with van der Waals surface area (Å²) in [5.41, 5.74) is 4.07. The van der Waals surface area contributed by atoms with Gasteiger partial charge in [-0.2, -0.15) is 0 Å². The molecule has 0 aliphatic carbocycles. The van der Waals surface area contributed by atoms with Crippen LogP contribution in [0.25, 0.3) is 10.9 Å². The molecule has 0 fully saturated rings. The van der Waals surface area contributed by atoms with E-state index in [1.165, 1.54) is 0 Å². The first-order valence-electron chi connectivity index (χ1n) is 7.85. The number of amides is 2. The van der Waals surface area contributed by atoms with Gasteiger partial charge in [-0.05, 0) is 55.5 Å². The summed E-state index contributed by atoms with van der Waals surface area (Å²) in [4.78, 5) is 18.8.